The molecular formula is C15H14F2O. The van der Waals surface area contributed by atoms with Crippen LogP contribution in [0.25, 0.3) is 0 Å². The van der Waals surface area contributed by atoms with Crippen molar-refractivity contribution >= 4 is 0 Å². The van der Waals surface area contributed by atoms with E-state index in [0.717, 1.165) is 17.2 Å². The number of rotatable bonds is 5. The molecule has 0 radical (unpaired) electrons. The zero-order valence-electron chi connectivity index (χ0n) is 9.90. The second-order valence-electron chi connectivity index (χ2n) is 4.04. The van der Waals surface area contributed by atoms with Crippen LogP contribution in [-0.2, 0) is 17.8 Å². The molecule has 3 heteroatoms. The third kappa shape index (κ3) is 3.64. The molecular weight excluding hydrogens is 234 g/mol. The van der Waals surface area contributed by atoms with Gasteiger partial charge >= 0.3 is 0 Å². The Morgan fingerprint density at radius 2 is 1.61 bits per heavy atom. The van der Waals surface area contributed by atoms with Gasteiger partial charge in [0.1, 0.15) is 0 Å². The molecule has 1 nitrogen and oxygen atoms in total. The Balaban J connectivity index is 1.77. The highest BCUT2D eigenvalue weighted by Gasteiger charge is 2.02. The zero-order valence-corrected chi connectivity index (χ0v) is 9.90. The first-order chi connectivity index (χ1) is 8.75. The number of benzene rings is 2. The summed E-state index contributed by atoms with van der Waals surface area (Å²) >= 11 is 0. The van der Waals surface area contributed by atoms with Crippen molar-refractivity contribution in [2.45, 2.75) is 13.0 Å². The first-order valence-electron chi connectivity index (χ1n) is 5.81. The van der Waals surface area contributed by atoms with Crippen LogP contribution < -0.4 is 0 Å². The highest BCUT2D eigenvalue weighted by atomic mass is 19.2. The average molecular weight is 248 g/mol. The molecule has 18 heavy (non-hydrogen) atoms. The molecule has 0 bridgehead atoms. The van der Waals surface area contributed by atoms with Gasteiger partial charge in [-0.1, -0.05) is 36.4 Å². The maximum absolute atomic E-state index is 12.9. The van der Waals surface area contributed by atoms with Crippen LogP contribution in [0.5, 0.6) is 0 Å². The summed E-state index contributed by atoms with van der Waals surface area (Å²) in [5.74, 6) is -1.63. The van der Waals surface area contributed by atoms with Crippen LogP contribution in [-0.4, -0.2) is 6.61 Å². The van der Waals surface area contributed by atoms with E-state index in [2.05, 4.69) is 0 Å². The van der Waals surface area contributed by atoms with Gasteiger partial charge in [0.25, 0.3) is 0 Å². The molecule has 0 aliphatic carbocycles. The van der Waals surface area contributed by atoms with Gasteiger partial charge in [0.05, 0.1) is 13.2 Å². The summed E-state index contributed by atoms with van der Waals surface area (Å²) in [5.41, 5.74) is 1.84. The van der Waals surface area contributed by atoms with E-state index in [0.29, 0.717) is 19.6 Å². The Morgan fingerprint density at radius 1 is 0.833 bits per heavy atom. The molecule has 2 rings (SSSR count). The molecule has 0 saturated carbocycles. The predicted octanol–water partition coefficient (Wildman–Crippen LogP) is 3.72. The van der Waals surface area contributed by atoms with E-state index in [9.17, 15) is 8.78 Å². The molecule has 94 valence electrons. The van der Waals surface area contributed by atoms with E-state index >= 15 is 0 Å². The molecule has 0 heterocycles. The van der Waals surface area contributed by atoms with E-state index in [4.69, 9.17) is 4.74 Å². The second-order valence-corrected chi connectivity index (χ2v) is 4.04. The molecule has 0 unspecified atom stereocenters. The standard InChI is InChI=1S/C15H14F2O/c16-14-7-6-12(10-15(14)17)8-9-18-11-13-4-2-1-3-5-13/h1-7,10H,8-9,11H2. The first kappa shape index (κ1) is 12.7. The Kier molecular flexibility index (Phi) is 4.42. The van der Waals surface area contributed by atoms with Gasteiger partial charge in [0.15, 0.2) is 11.6 Å². The van der Waals surface area contributed by atoms with Gasteiger partial charge in [-0.15, -0.1) is 0 Å². The third-order valence-electron chi connectivity index (χ3n) is 2.63. The van der Waals surface area contributed by atoms with Crippen molar-refractivity contribution in [1.82, 2.24) is 0 Å². The van der Waals surface area contributed by atoms with Crippen molar-refractivity contribution in [1.29, 1.82) is 0 Å². The highest BCUT2D eigenvalue weighted by molar-refractivity contribution is 5.18. The molecule has 2 aromatic rings. The van der Waals surface area contributed by atoms with Crippen molar-refractivity contribution in [3.05, 3.63) is 71.3 Å². The normalized spacial score (nSPS) is 10.6. The largest absolute Gasteiger partial charge is 0.376 e. The molecule has 0 N–H and O–H groups in total. The summed E-state index contributed by atoms with van der Waals surface area (Å²) in [5, 5.41) is 0. The molecule has 2 aromatic carbocycles. The molecule has 0 aliphatic rings. The van der Waals surface area contributed by atoms with Crippen LogP contribution in [0, 0.1) is 11.6 Å². The van der Waals surface area contributed by atoms with Crippen LogP contribution in [0.1, 0.15) is 11.1 Å². The van der Waals surface area contributed by atoms with Crippen molar-refractivity contribution in [2.75, 3.05) is 6.61 Å². The van der Waals surface area contributed by atoms with Crippen LogP contribution in [0.2, 0.25) is 0 Å². The Labute approximate surface area is 105 Å². The van der Waals surface area contributed by atoms with Crippen LogP contribution in [0.4, 0.5) is 8.78 Å². The van der Waals surface area contributed by atoms with E-state index in [1.165, 1.54) is 6.07 Å². The number of hydrogen-bond donors (Lipinski definition) is 0. The minimum atomic E-state index is -0.816. The minimum Gasteiger partial charge on any atom is -0.376 e. The SMILES string of the molecule is Fc1ccc(CCOCc2ccccc2)cc1F. The fourth-order valence-electron chi connectivity index (χ4n) is 1.65. The van der Waals surface area contributed by atoms with Gasteiger partial charge in [-0.3, -0.25) is 0 Å². The lowest BCUT2D eigenvalue weighted by Gasteiger charge is -2.05. The Hall–Kier alpha value is -1.74. The maximum Gasteiger partial charge on any atom is 0.159 e. The highest BCUT2D eigenvalue weighted by Crippen LogP contribution is 2.09. The summed E-state index contributed by atoms with van der Waals surface area (Å²) < 4.78 is 31.1. The van der Waals surface area contributed by atoms with Gasteiger partial charge in [-0.25, -0.2) is 8.78 Å². The Bertz CT molecular complexity index is 497. The minimum absolute atomic E-state index is 0.486. The third-order valence-corrected chi connectivity index (χ3v) is 2.63. The average Bonchev–Trinajstić information content (AvgIpc) is 2.40. The van der Waals surface area contributed by atoms with Gasteiger partial charge in [0.2, 0.25) is 0 Å². The second kappa shape index (κ2) is 6.26. The zero-order chi connectivity index (χ0) is 12.8. The molecule has 0 spiro atoms. The quantitative estimate of drug-likeness (QED) is 0.733. The summed E-state index contributed by atoms with van der Waals surface area (Å²) in [7, 11) is 0. The fraction of sp³-hybridized carbons (Fsp3) is 0.200. The first-order valence-corrected chi connectivity index (χ1v) is 5.81. The number of ether oxygens (including phenoxy) is 1. The summed E-state index contributed by atoms with van der Waals surface area (Å²) in [4.78, 5) is 0. The van der Waals surface area contributed by atoms with Crippen molar-refractivity contribution in [3.63, 3.8) is 0 Å². The van der Waals surface area contributed by atoms with Crippen LogP contribution >= 0.6 is 0 Å². The molecule has 0 aromatic heterocycles. The van der Waals surface area contributed by atoms with Gasteiger partial charge in [-0.2, -0.15) is 0 Å². The van der Waals surface area contributed by atoms with Crippen LogP contribution in [0.3, 0.4) is 0 Å². The molecule has 0 aliphatic heterocycles. The van der Waals surface area contributed by atoms with Crippen molar-refractivity contribution in [3.8, 4) is 0 Å². The van der Waals surface area contributed by atoms with Gasteiger partial charge < -0.3 is 4.74 Å². The summed E-state index contributed by atoms with van der Waals surface area (Å²) in [6.07, 6.45) is 0.573. The van der Waals surface area contributed by atoms with Crippen molar-refractivity contribution < 1.29 is 13.5 Å². The number of halogens is 2. The van der Waals surface area contributed by atoms with E-state index in [1.807, 2.05) is 30.3 Å². The topological polar surface area (TPSA) is 9.23 Å². The summed E-state index contributed by atoms with van der Waals surface area (Å²) in [6.45, 7) is 1.02. The fourth-order valence-corrected chi connectivity index (χ4v) is 1.65. The summed E-state index contributed by atoms with van der Waals surface area (Å²) in [6, 6.07) is 13.7. The van der Waals surface area contributed by atoms with E-state index < -0.39 is 11.6 Å². The molecule has 0 saturated heterocycles. The Morgan fingerprint density at radius 3 is 2.33 bits per heavy atom. The molecule has 0 atom stereocenters. The van der Waals surface area contributed by atoms with Gasteiger partial charge in [0, 0.05) is 0 Å². The maximum atomic E-state index is 12.9. The lowest BCUT2D eigenvalue weighted by molar-refractivity contribution is 0.124. The monoisotopic (exact) mass is 248 g/mol. The van der Waals surface area contributed by atoms with E-state index in [-0.39, 0.29) is 0 Å². The van der Waals surface area contributed by atoms with Crippen molar-refractivity contribution in [2.24, 2.45) is 0 Å². The predicted molar refractivity (Wildman–Crippen MR) is 66.2 cm³/mol. The van der Waals surface area contributed by atoms with E-state index in [1.54, 1.807) is 6.07 Å². The number of hydrogen-bond acceptors (Lipinski definition) is 1. The van der Waals surface area contributed by atoms with Crippen LogP contribution in [0.15, 0.2) is 48.5 Å². The lowest BCUT2D eigenvalue weighted by Crippen LogP contribution is -2.00. The lowest BCUT2D eigenvalue weighted by atomic mass is 10.1. The smallest absolute Gasteiger partial charge is 0.159 e. The molecule has 0 fully saturated rings. The molecule has 0 amide bonds. The van der Waals surface area contributed by atoms with Gasteiger partial charge in [-0.05, 0) is 29.7 Å².